The van der Waals surface area contributed by atoms with Gasteiger partial charge in [-0.1, -0.05) is 35.7 Å². The monoisotopic (exact) mass is 390 g/mol. The third-order valence-electron chi connectivity index (χ3n) is 3.95. The number of rotatable bonds is 4. The van der Waals surface area contributed by atoms with Gasteiger partial charge in [0.2, 0.25) is 0 Å². The normalized spacial score (nSPS) is 27.5. The molecule has 0 saturated heterocycles. The molecule has 0 amide bonds. The molecule has 4 nitrogen and oxygen atoms in total. The fourth-order valence-corrected chi connectivity index (χ4v) is 5.34. The van der Waals surface area contributed by atoms with Gasteiger partial charge in [0, 0.05) is 10.0 Å². The van der Waals surface area contributed by atoms with Crippen molar-refractivity contribution in [1.82, 2.24) is 0 Å². The van der Waals surface area contributed by atoms with Crippen LogP contribution in [-0.2, 0) is 15.4 Å². The van der Waals surface area contributed by atoms with Crippen molar-refractivity contribution < 1.29 is 12.8 Å². The van der Waals surface area contributed by atoms with E-state index in [1.807, 2.05) is 6.92 Å². The first-order valence-electron chi connectivity index (χ1n) is 7.22. The summed E-state index contributed by atoms with van der Waals surface area (Å²) in [4.78, 5) is 4.37. The highest BCUT2D eigenvalue weighted by atomic mass is 79.9. The molecule has 0 saturated carbocycles. The van der Waals surface area contributed by atoms with Crippen molar-refractivity contribution in [3.8, 4) is 0 Å². The molecule has 1 aliphatic heterocycles. The summed E-state index contributed by atoms with van der Waals surface area (Å²) in [5, 5.41) is -0.754. The second-order valence-corrected chi connectivity index (χ2v) is 8.97. The molecule has 0 aromatic heterocycles. The zero-order valence-electron chi connectivity index (χ0n) is 12.6. The molecule has 1 aromatic carbocycles. The number of benzene rings is 1. The van der Waals surface area contributed by atoms with E-state index >= 15 is 0 Å². The molecule has 0 radical (unpaired) electrons. The van der Waals surface area contributed by atoms with E-state index in [1.54, 1.807) is 19.1 Å². The van der Waals surface area contributed by atoms with E-state index in [0.29, 0.717) is 10.9 Å². The van der Waals surface area contributed by atoms with Crippen LogP contribution in [0.1, 0.15) is 38.7 Å². The smallest absolute Gasteiger partial charge is 0.163 e. The van der Waals surface area contributed by atoms with Gasteiger partial charge in [-0.2, -0.15) is 0 Å². The summed E-state index contributed by atoms with van der Waals surface area (Å²) in [6, 6.07) is 4.43. The van der Waals surface area contributed by atoms with E-state index in [1.165, 1.54) is 6.07 Å². The minimum Gasteiger partial charge on any atom is -0.386 e. The number of nitrogens with two attached hydrogens (primary N) is 1. The standard InChI is InChI=1S/C15H20BrFN2O2S/c1-3-4-5-13-14(18)19-15(2,9-22(13,20)21)11-8-10(16)6-7-12(11)17/h6-8,13H,3-5,9H2,1-2H3,(H2,18,19). The fourth-order valence-electron chi connectivity index (χ4n) is 2.83. The van der Waals surface area contributed by atoms with Crippen LogP contribution in [-0.4, -0.2) is 25.3 Å². The van der Waals surface area contributed by atoms with Crippen molar-refractivity contribution in [3.63, 3.8) is 0 Å². The Morgan fingerprint density at radius 2 is 2.18 bits per heavy atom. The summed E-state index contributed by atoms with van der Waals surface area (Å²) in [6.07, 6.45) is 2.12. The zero-order valence-corrected chi connectivity index (χ0v) is 15.0. The third kappa shape index (κ3) is 3.35. The molecule has 122 valence electrons. The predicted molar refractivity (Wildman–Crippen MR) is 90.2 cm³/mol. The molecular weight excluding hydrogens is 371 g/mol. The van der Waals surface area contributed by atoms with Crippen molar-refractivity contribution >= 4 is 31.6 Å². The minimum atomic E-state index is -3.47. The summed E-state index contributed by atoms with van der Waals surface area (Å²) in [6.45, 7) is 3.60. The Morgan fingerprint density at radius 1 is 1.50 bits per heavy atom. The average Bonchev–Trinajstić information content (AvgIpc) is 2.39. The molecule has 0 fully saturated rings. The molecule has 1 heterocycles. The molecular formula is C15H20BrFN2O2S. The number of hydrogen-bond acceptors (Lipinski definition) is 4. The largest absolute Gasteiger partial charge is 0.386 e. The first kappa shape index (κ1) is 17.4. The zero-order chi connectivity index (χ0) is 16.5. The molecule has 2 N–H and O–H groups in total. The number of halogens is 2. The fraction of sp³-hybridized carbons (Fsp3) is 0.533. The molecule has 2 rings (SSSR count). The van der Waals surface area contributed by atoms with Gasteiger partial charge in [-0.05, 0) is 31.5 Å². The predicted octanol–water partition coefficient (Wildman–Crippen LogP) is 3.15. The first-order chi connectivity index (χ1) is 10.2. The maximum Gasteiger partial charge on any atom is 0.163 e. The van der Waals surface area contributed by atoms with E-state index in [2.05, 4.69) is 20.9 Å². The Kier molecular flexibility index (Phi) is 4.96. The quantitative estimate of drug-likeness (QED) is 0.857. The number of nitrogens with zero attached hydrogens (tertiary/aromatic N) is 1. The van der Waals surface area contributed by atoms with Crippen molar-refractivity contribution in [2.24, 2.45) is 10.7 Å². The van der Waals surface area contributed by atoms with Gasteiger partial charge < -0.3 is 5.73 Å². The molecule has 2 atom stereocenters. The molecule has 2 unspecified atom stereocenters. The van der Waals surface area contributed by atoms with Gasteiger partial charge in [0.05, 0.1) is 5.75 Å². The maximum atomic E-state index is 14.2. The summed E-state index contributed by atoms with van der Waals surface area (Å²) >= 11 is 3.28. The molecule has 0 bridgehead atoms. The van der Waals surface area contributed by atoms with E-state index in [9.17, 15) is 12.8 Å². The highest BCUT2D eigenvalue weighted by Crippen LogP contribution is 2.36. The Bertz CT molecular complexity index is 705. The number of unbranched alkanes of at least 4 members (excludes halogenated alkanes) is 1. The van der Waals surface area contributed by atoms with Gasteiger partial charge in [-0.3, -0.25) is 4.99 Å². The van der Waals surface area contributed by atoms with Crippen molar-refractivity contribution in [2.75, 3.05) is 5.75 Å². The maximum absolute atomic E-state index is 14.2. The summed E-state index contributed by atoms with van der Waals surface area (Å²) < 4.78 is 40.0. The lowest BCUT2D eigenvalue weighted by Gasteiger charge is -2.34. The van der Waals surface area contributed by atoms with Crippen LogP contribution in [0.15, 0.2) is 27.7 Å². The lowest BCUT2D eigenvalue weighted by molar-refractivity contribution is 0.481. The van der Waals surface area contributed by atoms with Crippen LogP contribution in [0.5, 0.6) is 0 Å². The topological polar surface area (TPSA) is 72.5 Å². The van der Waals surface area contributed by atoms with Gasteiger partial charge in [-0.25, -0.2) is 12.8 Å². The van der Waals surface area contributed by atoms with Crippen LogP contribution in [0.25, 0.3) is 0 Å². The van der Waals surface area contributed by atoms with Crippen LogP contribution in [0.2, 0.25) is 0 Å². The lowest BCUT2D eigenvalue weighted by atomic mass is 9.93. The molecule has 22 heavy (non-hydrogen) atoms. The molecule has 0 aliphatic carbocycles. The SMILES string of the molecule is CCCCC1C(N)=NC(C)(c2cc(Br)ccc2F)CS1(=O)=O. The highest BCUT2D eigenvalue weighted by molar-refractivity contribution is 9.10. The first-order valence-corrected chi connectivity index (χ1v) is 9.73. The van der Waals surface area contributed by atoms with Gasteiger partial charge in [-0.15, -0.1) is 0 Å². The van der Waals surface area contributed by atoms with Crippen molar-refractivity contribution in [1.29, 1.82) is 0 Å². The summed E-state index contributed by atoms with van der Waals surface area (Å²) in [5.41, 5.74) is 4.98. The lowest BCUT2D eigenvalue weighted by Crippen LogP contribution is -2.48. The summed E-state index contributed by atoms with van der Waals surface area (Å²) in [5.74, 6) is -0.631. The van der Waals surface area contributed by atoms with Gasteiger partial charge in [0.1, 0.15) is 22.4 Å². The summed E-state index contributed by atoms with van der Waals surface area (Å²) in [7, 11) is -3.47. The molecule has 1 aliphatic rings. The third-order valence-corrected chi connectivity index (χ3v) is 6.75. The van der Waals surface area contributed by atoms with E-state index in [4.69, 9.17) is 5.73 Å². The van der Waals surface area contributed by atoms with E-state index in [0.717, 1.165) is 12.8 Å². The van der Waals surface area contributed by atoms with Crippen molar-refractivity contribution in [3.05, 3.63) is 34.1 Å². The average molecular weight is 391 g/mol. The van der Waals surface area contributed by atoms with E-state index < -0.39 is 26.4 Å². The number of hydrogen-bond donors (Lipinski definition) is 1. The Balaban J connectivity index is 2.49. The van der Waals surface area contributed by atoms with Gasteiger partial charge in [0.25, 0.3) is 0 Å². The van der Waals surface area contributed by atoms with Crippen LogP contribution < -0.4 is 5.73 Å². The van der Waals surface area contributed by atoms with Crippen LogP contribution in [0.4, 0.5) is 4.39 Å². The minimum absolute atomic E-state index is 0.0848. The van der Waals surface area contributed by atoms with Crippen molar-refractivity contribution in [2.45, 2.75) is 43.9 Å². The Labute approximate surface area is 139 Å². The molecule has 0 spiro atoms. The van der Waals surface area contributed by atoms with Gasteiger partial charge >= 0.3 is 0 Å². The van der Waals surface area contributed by atoms with E-state index in [-0.39, 0.29) is 17.2 Å². The second kappa shape index (κ2) is 6.28. The molecule has 1 aromatic rings. The van der Waals surface area contributed by atoms with Crippen LogP contribution in [0, 0.1) is 5.82 Å². The number of aliphatic imine (C=N–C) groups is 1. The van der Waals surface area contributed by atoms with Crippen LogP contribution >= 0.6 is 15.9 Å². The Morgan fingerprint density at radius 3 is 2.77 bits per heavy atom. The number of amidine groups is 1. The molecule has 7 heteroatoms. The van der Waals surface area contributed by atoms with Crippen LogP contribution in [0.3, 0.4) is 0 Å². The van der Waals surface area contributed by atoms with Gasteiger partial charge in [0.15, 0.2) is 9.84 Å². The second-order valence-electron chi connectivity index (χ2n) is 5.87. The highest BCUT2D eigenvalue weighted by Gasteiger charge is 2.44. The Hall–Kier alpha value is -0.950. The number of sulfone groups is 1.